The summed E-state index contributed by atoms with van der Waals surface area (Å²) < 4.78 is 6.83. The number of carbonyl (C=O) groups excluding carboxylic acids is 2. The van der Waals surface area contributed by atoms with Crippen molar-refractivity contribution in [1.82, 2.24) is 30.0 Å². The van der Waals surface area contributed by atoms with Crippen LogP contribution in [-0.2, 0) is 11.2 Å². The second kappa shape index (κ2) is 10.4. The van der Waals surface area contributed by atoms with E-state index in [1.165, 1.54) is 36.4 Å². The molecule has 32 heavy (non-hydrogen) atoms. The summed E-state index contributed by atoms with van der Waals surface area (Å²) >= 11 is 1.31. The monoisotopic (exact) mass is 454 g/mol. The summed E-state index contributed by atoms with van der Waals surface area (Å²) in [4.78, 5) is 28.5. The predicted octanol–water partition coefficient (Wildman–Crippen LogP) is 2.67. The fourth-order valence-electron chi connectivity index (χ4n) is 3.55. The molecule has 3 heterocycles. The molecule has 2 aromatic heterocycles. The number of hydrogen-bond acceptors (Lipinski definition) is 7. The van der Waals surface area contributed by atoms with Gasteiger partial charge >= 0.3 is 0 Å². The van der Waals surface area contributed by atoms with Crippen LogP contribution in [0, 0.1) is 0 Å². The number of rotatable bonds is 8. The smallest absolute Gasteiger partial charge is 0.289 e. The molecule has 0 spiro atoms. The number of aryl methyl sites for hydroxylation is 1. The zero-order valence-corrected chi connectivity index (χ0v) is 18.8. The van der Waals surface area contributed by atoms with Crippen LogP contribution in [0.15, 0.2) is 52.2 Å². The van der Waals surface area contributed by atoms with Crippen LogP contribution in [-0.4, -0.2) is 73.8 Å². The minimum absolute atomic E-state index is 0.00422. The van der Waals surface area contributed by atoms with Gasteiger partial charge in [0, 0.05) is 26.2 Å². The molecule has 1 saturated heterocycles. The average Bonchev–Trinajstić information content (AvgIpc) is 3.54. The highest BCUT2D eigenvalue weighted by molar-refractivity contribution is 7.99. The molecule has 168 valence electrons. The average molecular weight is 455 g/mol. The number of unbranched alkanes of at least 4 members (excludes halogenated alkanes) is 1. The maximum absolute atomic E-state index is 12.7. The molecule has 1 aliphatic rings. The molecule has 1 aromatic carbocycles. The van der Waals surface area contributed by atoms with E-state index in [4.69, 9.17) is 4.42 Å². The summed E-state index contributed by atoms with van der Waals surface area (Å²) in [5, 5.41) is 12.5. The quantitative estimate of drug-likeness (QED) is 0.483. The van der Waals surface area contributed by atoms with E-state index in [2.05, 4.69) is 34.6 Å². The van der Waals surface area contributed by atoms with Crippen molar-refractivity contribution in [3.05, 3.63) is 54.0 Å². The Balaban J connectivity index is 1.29. The summed E-state index contributed by atoms with van der Waals surface area (Å²) in [6.45, 7) is 4.14. The van der Waals surface area contributed by atoms with Crippen LogP contribution in [0.1, 0.15) is 35.9 Å². The molecule has 4 rings (SSSR count). The molecule has 2 amide bonds. The third kappa shape index (κ3) is 5.18. The van der Waals surface area contributed by atoms with E-state index in [1.807, 2.05) is 12.1 Å². The number of thioether (sulfide) groups is 1. The van der Waals surface area contributed by atoms with E-state index < -0.39 is 0 Å². The van der Waals surface area contributed by atoms with Crippen molar-refractivity contribution in [2.24, 2.45) is 0 Å². The number of aromatic nitrogens is 4. The van der Waals surface area contributed by atoms with Crippen molar-refractivity contribution in [3.8, 4) is 5.69 Å². The minimum Gasteiger partial charge on any atom is -0.459 e. The maximum atomic E-state index is 12.7. The number of furan rings is 1. The molecule has 1 fully saturated rings. The number of nitrogens with zero attached hydrogens (tertiary/aromatic N) is 6. The molecule has 0 atom stereocenters. The van der Waals surface area contributed by atoms with Gasteiger partial charge in [-0.1, -0.05) is 37.2 Å². The van der Waals surface area contributed by atoms with Crippen LogP contribution < -0.4 is 0 Å². The first-order valence-electron chi connectivity index (χ1n) is 10.8. The first-order chi connectivity index (χ1) is 15.7. The van der Waals surface area contributed by atoms with Crippen molar-refractivity contribution in [2.75, 3.05) is 31.9 Å². The van der Waals surface area contributed by atoms with Gasteiger partial charge in [-0.05, 0) is 53.1 Å². The molecule has 9 nitrogen and oxygen atoms in total. The number of tetrazole rings is 1. The van der Waals surface area contributed by atoms with Crippen LogP contribution in [0.3, 0.4) is 0 Å². The van der Waals surface area contributed by atoms with Crippen LogP contribution in [0.5, 0.6) is 0 Å². The van der Waals surface area contributed by atoms with Gasteiger partial charge in [-0.15, -0.1) is 5.10 Å². The van der Waals surface area contributed by atoms with Crippen molar-refractivity contribution >= 4 is 23.6 Å². The Bertz CT molecular complexity index is 1030. The number of benzene rings is 1. The van der Waals surface area contributed by atoms with Gasteiger partial charge in [-0.2, -0.15) is 4.68 Å². The van der Waals surface area contributed by atoms with Gasteiger partial charge in [0.15, 0.2) is 5.76 Å². The summed E-state index contributed by atoms with van der Waals surface area (Å²) in [5.41, 5.74) is 2.16. The third-order valence-corrected chi connectivity index (χ3v) is 6.32. The van der Waals surface area contributed by atoms with Crippen molar-refractivity contribution in [3.63, 3.8) is 0 Å². The summed E-state index contributed by atoms with van der Waals surface area (Å²) in [6.07, 6.45) is 4.87. The first-order valence-corrected chi connectivity index (χ1v) is 11.8. The second-order valence-corrected chi connectivity index (χ2v) is 8.52. The fraction of sp³-hybridized carbons (Fsp3) is 0.409. The second-order valence-electron chi connectivity index (χ2n) is 7.58. The third-order valence-electron chi connectivity index (χ3n) is 5.42. The van der Waals surface area contributed by atoms with E-state index in [-0.39, 0.29) is 17.6 Å². The summed E-state index contributed by atoms with van der Waals surface area (Å²) in [7, 11) is 0. The van der Waals surface area contributed by atoms with Crippen molar-refractivity contribution in [1.29, 1.82) is 0 Å². The van der Waals surface area contributed by atoms with Crippen LogP contribution in [0.25, 0.3) is 5.69 Å². The molecule has 0 radical (unpaired) electrons. The first kappa shape index (κ1) is 22.1. The molecule has 0 bridgehead atoms. The number of carbonyl (C=O) groups is 2. The molecule has 3 aromatic rings. The Morgan fingerprint density at radius 2 is 1.81 bits per heavy atom. The van der Waals surface area contributed by atoms with E-state index >= 15 is 0 Å². The molecule has 0 saturated carbocycles. The topological polar surface area (TPSA) is 97.4 Å². The van der Waals surface area contributed by atoms with Gasteiger partial charge in [0.1, 0.15) is 0 Å². The van der Waals surface area contributed by atoms with Crippen LogP contribution >= 0.6 is 11.8 Å². The lowest BCUT2D eigenvalue weighted by Crippen LogP contribution is -2.51. The Morgan fingerprint density at radius 3 is 2.50 bits per heavy atom. The van der Waals surface area contributed by atoms with Gasteiger partial charge in [-0.3, -0.25) is 9.59 Å². The lowest BCUT2D eigenvalue weighted by atomic mass is 10.1. The van der Waals surface area contributed by atoms with Gasteiger partial charge in [0.25, 0.3) is 5.91 Å². The number of hydrogen-bond donors (Lipinski definition) is 0. The SMILES string of the molecule is CCCCc1ccc(-n2nnnc2SCC(=O)N2CCN(C(=O)c3ccco3)CC2)cc1. The van der Waals surface area contributed by atoms with E-state index in [9.17, 15) is 9.59 Å². The minimum atomic E-state index is -0.142. The van der Waals surface area contributed by atoms with Gasteiger partial charge in [0.05, 0.1) is 17.7 Å². The van der Waals surface area contributed by atoms with Gasteiger partial charge < -0.3 is 14.2 Å². The lowest BCUT2D eigenvalue weighted by molar-refractivity contribution is -0.129. The molecule has 1 aliphatic heterocycles. The van der Waals surface area contributed by atoms with Gasteiger partial charge in [-0.25, -0.2) is 0 Å². The molecular weight excluding hydrogens is 428 g/mol. The van der Waals surface area contributed by atoms with Gasteiger partial charge in [0.2, 0.25) is 11.1 Å². The highest BCUT2D eigenvalue weighted by Gasteiger charge is 2.26. The van der Waals surface area contributed by atoms with Crippen LogP contribution in [0.4, 0.5) is 0 Å². The summed E-state index contributed by atoms with van der Waals surface area (Å²) in [5.74, 6) is 0.424. The van der Waals surface area contributed by atoms with Crippen LogP contribution in [0.2, 0.25) is 0 Å². The standard InChI is InChI=1S/C22H26N6O3S/c1-2-3-5-17-7-9-18(10-8-17)28-22(23-24-25-28)32-16-20(29)26-11-13-27(14-12-26)21(30)19-6-4-15-31-19/h4,6-10,15H,2-3,5,11-14,16H2,1H3. The molecule has 0 unspecified atom stereocenters. The van der Waals surface area contributed by atoms with Crippen molar-refractivity contribution < 1.29 is 14.0 Å². The van der Waals surface area contributed by atoms with E-state index in [0.717, 1.165) is 12.1 Å². The maximum Gasteiger partial charge on any atom is 0.289 e. The Labute approximate surface area is 190 Å². The van der Waals surface area contributed by atoms with Crippen molar-refractivity contribution in [2.45, 2.75) is 31.3 Å². The number of amides is 2. The predicted molar refractivity (Wildman–Crippen MR) is 120 cm³/mol. The van der Waals surface area contributed by atoms with E-state index in [1.54, 1.807) is 26.6 Å². The lowest BCUT2D eigenvalue weighted by Gasteiger charge is -2.34. The zero-order valence-electron chi connectivity index (χ0n) is 18.0. The normalized spacial score (nSPS) is 14.0. The Hall–Kier alpha value is -3.14. The molecule has 0 N–H and O–H groups in total. The Morgan fingerprint density at radius 1 is 1.06 bits per heavy atom. The largest absolute Gasteiger partial charge is 0.459 e. The summed E-state index contributed by atoms with van der Waals surface area (Å²) in [6, 6.07) is 11.5. The fourth-order valence-corrected chi connectivity index (χ4v) is 4.34. The molecule has 10 heteroatoms. The number of piperazine rings is 1. The molecular formula is C22H26N6O3S. The Kier molecular flexibility index (Phi) is 7.21. The molecule has 0 aliphatic carbocycles. The highest BCUT2D eigenvalue weighted by Crippen LogP contribution is 2.20. The van der Waals surface area contributed by atoms with E-state index in [0.29, 0.717) is 37.1 Å². The zero-order chi connectivity index (χ0) is 22.3. The highest BCUT2D eigenvalue weighted by atomic mass is 32.2.